The molecule has 2 heterocycles. The van der Waals surface area contributed by atoms with Crippen molar-refractivity contribution in [1.82, 2.24) is 4.31 Å². The number of para-hydroxylation sites is 2. The number of benzene rings is 2. The van der Waals surface area contributed by atoms with Gasteiger partial charge in [-0.1, -0.05) is 38.1 Å². The Labute approximate surface area is 200 Å². The second-order valence-corrected chi connectivity index (χ2v) is 10.9. The highest BCUT2D eigenvalue weighted by atomic mass is 32.2. The highest BCUT2D eigenvalue weighted by molar-refractivity contribution is 7.89. The SMILES string of the molecule is COC(=O)[C@@H]1CN(C(=O)C2CCN(S(=O)(=O)c3ccc(C(C)C)cc3)CC2)c2ccccc2O1. The highest BCUT2D eigenvalue weighted by Gasteiger charge is 2.39. The van der Waals surface area contributed by atoms with Crippen LogP contribution >= 0.6 is 0 Å². The molecule has 0 aromatic heterocycles. The molecule has 0 unspecified atom stereocenters. The summed E-state index contributed by atoms with van der Waals surface area (Å²) in [6.07, 6.45) is -0.0899. The van der Waals surface area contributed by atoms with Crippen LogP contribution in [0.3, 0.4) is 0 Å². The van der Waals surface area contributed by atoms with Crippen molar-refractivity contribution in [2.45, 2.75) is 43.6 Å². The number of ether oxygens (including phenoxy) is 2. The number of nitrogens with zero attached hydrogens (tertiary/aromatic N) is 2. The summed E-state index contributed by atoms with van der Waals surface area (Å²) in [5.74, 6) is -0.260. The number of hydrogen-bond acceptors (Lipinski definition) is 6. The maximum atomic E-state index is 13.5. The lowest BCUT2D eigenvalue weighted by atomic mass is 9.95. The van der Waals surface area contributed by atoms with Crippen LogP contribution < -0.4 is 9.64 Å². The number of fused-ring (bicyclic) bond motifs is 1. The molecule has 1 amide bonds. The van der Waals surface area contributed by atoms with Crippen LogP contribution in [0.5, 0.6) is 5.75 Å². The number of anilines is 1. The quantitative estimate of drug-likeness (QED) is 0.603. The van der Waals surface area contributed by atoms with Gasteiger partial charge in [0, 0.05) is 19.0 Å². The van der Waals surface area contributed by atoms with Gasteiger partial charge >= 0.3 is 5.97 Å². The van der Waals surface area contributed by atoms with E-state index in [1.165, 1.54) is 11.4 Å². The van der Waals surface area contributed by atoms with E-state index in [-0.39, 0.29) is 36.4 Å². The summed E-state index contributed by atoms with van der Waals surface area (Å²) in [7, 11) is -2.34. The third kappa shape index (κ3) is 4.67. The van der Waals surface area contributed by atoms with Gasteiger partial charge in [0.15, 0.2) is 0 Å². The van der Waals surface area contributed by atoms with Crippen LogP contribution in [-0.4, -0.2) is 57.4 Å². The maximum absolute atomic E-state index is 13.5. The molecule has 0 bridgehead atoms. The molecule has 1 fully saturated rings. The lowest BCUT2D eigenvalue weighted by Gasteiger charge is -2.37. The number of esters is 1. The summed E-state index contributed by atoms with van der Waals surface area (Å²) in [6.45, 7) is 4.70. The van der Waals surface area contributed by atoms with Crippen molar-refractivity contribution in [1.29, 1.82) is 0 Å². The zero-order valence-corrected chi connectivity index (χ0v) is 20.5. The number of sulfonamides is 1. The van der Waals surface area contributed by atoms with Crippen molar-refractivity contribution in [2.75, 3.05) is 31.6 Å². The first-order chi connectivity index (χ1) is 16.2. The molecule has 2 aliphatic rings. The third-order valence-corrected chi connectivity index (χ3v) is 8.40. The highest BCUT2D eigenvalue weighted by Crippen LogP contribution is 2.36. The van der Waals surface area contributed by atoms with E-state index in [4.69, 9.17) is 9.47 Å². The van der Waals surface area contributed by atoms with Crippen molar-refractivity contribution in [2.24, 2.45) is 5.92 Å². The minimum Gasteiger partial charge on any atom is -0.475 e. The zero-order chi connectivity index (χ0) is 24.5. The fraction of sp³-hybridized carbons (Fsp3) is 0.440. The monoisotopic (exact) mass is 486 g/mol. The van der Waals surface area contributed by atoms with Crippen LogP contribution in [-0.2, 0) is 24.3 Å². The molecule has 182 valence electrons. The van der Waals surface area contributed by atoms with Gasteiger partial charge in [-0.25, -0.2) is 13.2 Å². The molecule has 2 aromatic carbocycles. The summed E-state index contributed by atoms with van der Waals surface area (Å²) in [5.41, 5.74) is 1.69. The molecule has 4 rings (SSSR count). The summed E-state index contributed by atoms with van der Waals surface area (Å²) < 4.78 is 38.2. The Morgan fingerprint density at radius 1 is 1.03 bits per heavy atom. The lowest BCUT2D eigenvalue weighted by molar-refractivity contribution is -0.148. The second-order valence-electron chi connectivity index (χ2n) is 8.95. The number of carbonyl (C=O) groups is 2. The van der Waals surface area contributed by atoms with E-state index in [1.807, 2.05) is 12.1 Å². The fourth-order valence-electron chi connectivity index (χ4n) is 4.43. The molecule has 0 saturated carbocycles. The van der Waals surface area contributed by atoms with Crippen LogP contribution in [0, 0.1) is 5.92 Å². The van der Waals surface area contributed by atoms with Crippen LogP contribution in [0.1, 0.15) is 38.2 Å². The number of methoxy groups -OCH3 is 1. The molecule has 2 aromatic rings. The van der Waals surface area contributed by atoms with Gasteiger partial charge < -0.3 is 14.4 Å². The van der Waals surface area contributed by atoms with Gasteiger partial charge in [0.25, 0.3) is 0 Å². The molecule has 0 spiro atoms. The molecule has 2 aliphatic heterocycles. The topological polar surface area (TPSA) is 93.2 Å². The Morgan fingerprint density at radius 2 is 1.68 bits per heavy atom. The molecule has 0 radical (unpaired) electrons. The summed E-state index contributed by atoms with van der Waals surface area (Å²) >= 11 is 0. The smallest absolute Gasteiger partial charge is 0.348 e. The summed E-state index contributed by atoms with van der Waals surface area (Å²) in [5, 5.41) is 0. The standard InChI is InChI=1S/C25H30N2O6S/c1-17(2)18-8-10-20(11-9-18)34(30,31)26-14-12-19(13-15-26)24(28)27-16-23(25(29)32-3)33-22-7-5-4-6-21(22)27/h4-11,17,19,23H,12-16H2,1-3H3/t23-/m0/s1. The van der Waals surface area contributed by atoms with Crippen molar-refractivity contribution in [3.8, 4) is 5.75 Å². The Kier molecular flexibility index (Phi) is 6.95. The van der Waals surface area contributed by atoms with E-state index in [1.54, 1.807) is 41.3 Å². The van der Waals surface area contributed by atoms with E-state index in [0.29, 0.717) is 30.2 Å². The van der Waals surface area contributed by atoms with Crippen LogP contribution in [0.2, 0.25) is 0 Å². The van der Waals surface area contributed by atoms with Crippen molar-refractivity contribution in [3.05, 3.63) is 54.1 Å². The summed E-state index contributed by atoms with van der Waals surface area (Å²) in [6, 6.07) is 14.1. The lowest BCUT2D eigenvalue weighted by Crippen LogP contribution is -2.51. The molecule has 0 aliphatic carbocycles. The number of piperidine rings is 1. The first-order valence-corrected chi connectivity index (χ1v) is 12.9. The normalized spacial score (nSPS) is 19.4. The molecule has 0 N–H and O–H groups in total. The molecule has 34 heavy (non-hydrogen) atoms. The number of rotatable bonds is 5. The van der Waals surface area contributed by atoms with Gasteiger partial charge in [-0.3, -0.25) is 4.79 Å². The average Bonchev–Trinajstić information content (AvgIpc) is 2.87. The number of amides is 1. The van der Waals surface area contributed by atoms with Gasteiger partial charge in [0.2, 0.25) is 22.0 Å². The molecule has 1 saturated heterocycles. The van der Waals surface area contributed by atoms with Gasteiger partial charge in [-0.2, -0.15) is 4.31 Å². The fourth-order valence-corrected chi connectivity index (χ4v) is 5.90. The van der Waals surface area contributed by atoms with E-state index >= 15 is 0 Å². The Balaban J connectivity index is 1.46. The van der Waals surface area contributed by atoms with Crippen molar-refractivity contribution < 1.29 is 27.5 Å². The van der Waals surface area contributed by atoms with Gasteiger partial charge in [0.1, 0.15) is 5.75 Å². The maximum Gasteiger partial charge on any atom is 0.348 e. The Morgan fingerprint density at radius 3 is 2.29 bits per heavy atom. The number of carbonyl (C=O) groups excluding carboxylic acids is 2. The predicted molar refractivity (Wildman–Crippen MR) is 127 cm³/mol. The second kappa shape index (κ2) is 9.76. The largest absolute Gasteiger partial charge is 0.475 e. The van der Waals surface area contributed by atoms with E-state index in [9.17, 15) is 18.0 Å². The first kappa shape index (κ1) is 24.2. The van der Waals surface area contributed by atoms with Crippen LogP contribution in [0.15, 0.2) is 53.4 Å². The summed E-state index contributed by atoms with van der Waals surface area (Å²) in [4.78, 5) is 27.4. The van der Waals surface area contributed by atoms with Crippen LogP contribution in [0.4, 0.5) is 5.69 Å². The predicted octanol–water partition coefficient (Wildman–Crippen LogP) is 3.18. The minimum atomic E-state index is -3.62. The molecule has 9 heteroatoms. The third-order valence-electron chi connectivity index (χ3n) is 6.49. The molecule has 8 nitrogen and oxygen atoms in total. The van der Waals surface area contributed by atoms with Crippen molar-refractivity contribution >= 4 is 27.6 Å². The Hall–Kier alpha value is -2.91. The average molecular weight is 487 g/mol. The number of hydrogen-bond donors (Lipinski definition) is 0. The zero-order valence-electron chi connectivity index (χ0n) is 19.6. The Bertz CT molecular complexity index is 1150. The van der Waals surface area contributed by atoms with Gasteiger partial charge in [-0.05, 0) is 48.6 Å². The first-order valence-electron chi connectivity index (χ1n) is 11.5. The van der Waals surface area contributed by atoms with E-state index < -0.39 is 22.1 Å². The van der Waals surface area contributed by atoms with E-state index in [0.717, 1.165) is 5.56 Å². The molecule has 1 atom stereocenters. The van der Waals surface area contributed by atoms with Crippen molar-refractivity contribution in [3.63, 3.8) is 0 Å². The van der Waals surface area contributed by atoms with Crippen LogP contribution in [0.25, 0.3) is 0 Å². The molecular formula is C25H30N2O6S. The molecular weight excluding hydrogens is 456 g/mol. The minimum absolute atomic E-state index is 0.0588. The van der Waals surface area contributed by atoms with Gasteiger partial charge in [0.05, 0.1) is 24.2 Å². The van der Waals surface area contributed by atoms with Gasteiger partial charge in [-0.15, -0.1) is 0 Å². The van der Waals surface area contributed by atoms with E-state index in [2.05, 4.69) is 13.8 Å².